The molecule has 1 atom stereocenters. The van der Waals surface area contributed by atoms with Crippen LogP contribution in [0.5, 0.6) is 11.5 Å². The Labute approximate surface area is 128 Å². The van der Waals surface area contributed by atoms with Crippen LogP contribution in [-0.2, 0) is 12.8 Å². The zero-order chi connectivity index (χ0) is 14.1. The maximum Gasteiger partial charge on any atom is 0.128 e. The maximum atomic E-state index is 5.95. The van der Waals surface area contributed by atoms with Gasteiger partial charge in [0.2, 0.25) is 0 Å². The summed E-state index contributed by atoms with van der Waals surface area (Å²) in [6.45, 7) is 1.97. The highest BCUT2D eigenvalue weighted by molar-refractivity contribution is 9.10. The molecule has 2 N–H and O–H groups in total. The van der Waals surface area contributed by atoms with Crippen molar-refractivity contribution in [2.45, 2.75) is 32.2 Å². The maximum absolute atomic E-state index is 5.95. The lowest BCUT2D eigenvalue weighted by atomic mass is 10.1. The molecule has 0 aromatic heterocycles. The number of rotatable bonds is 3. The summed E-state index contributed by atoms with van der Waals surface area (Å²) in [5, 5.41) is 0. The Balaban J connectivity index is 1.83. The quantitative estimate of drug-likeness (QED) is 0.880. The van der Waals surface area contributed by atoms with Crippen LogP contribution in [0, 0.1) is 0 Å². The summed E-state index contributed by atoms with van der Waals surface area (Å²) in [4.78, 5) is 0. The van der Waals surface area contributed by atoms with Gasteiger partial charge < -0.3 is 10.5 Å². The van der Waals surface area contributed by atoms with Crippen molar-refractivity contribution in [2.75, 3.05) is 0 Å². The van der Waals surface area contributed by atoms with Gasteiger partial charge in [-0.15, -0.1) is 0 Å². The minimum absolute atomic E-state index is 0.0124. The first-order valence-electron chi connectivity index (χ1n) is 6.98. The van der Waals surface area contributed by atoms with Crippen LogP contribution >= 0.6 is 15.9 Å². The number of halogens is 1. The summed E-state index contributed by atoms with van der Waals surface area (Å²) in [5.74, 6) is 1.74. The van der Waals surface area contributed by atoms with Crippen LogP contribution in [0.15, 0.2) is 40.9 Å². The van der Waals surface area contributed by atoms with Crippen LogP contribution in [0.4, 0.5) is 0 Å². The van der Waals surface area contributed by atoms with E-state index in [1.54, 1.807) is 0 Å². The molecule has 1 unspecified atom stereocenters. The van der Waals surface area contributed by atoms with Gasteiger partial charge in [-0.05, 0) is 67.1 Å². The lowest BCUT2D eigenvalue weighted by Gasteiger charge is -2.12. The SMILES string of the molecule is CC(N)c1ccc(Oc2ccc3c(c2)CCC3)cc1Br. The molecule has 0 saturated carbocycles. The number of hydrogen-bond acceptors (Lipinski definition) is 2. The molecule has 2 nitrogen and oxygen atoms in total. The third kappa shape index (κ3) is 2.74. The summed E-state index contributed by atoms with van der Waals surface area (Å²) < 4.78 is 6.94. The Morgan fingerprint density at radius 1 is 1.05 bits per heavy atom. The molecular formula is C17H18BrNO. The summed E-state index contributed by atoms with van der Waals surface area (Å²) in [6, 6.07) is 12.4. The topological polar surface area (TPSA) is 35.2 Å². The van der Waals surface area contributed by atoms with E-state index in [1.165, 1.54) is 30.4 Å². The van der Waals surface area contributed by atoms with E-state index >= 15 is 0 Å². The van der Waals surface area contributed by atoms with E-state index in [2.05, 4.69) is 34.1 Å². The average molecular weight is 332 g/mol. The number of benzene rings is 2. The second-order valence-electron chi connectivity index (χ2n) is 5.36. The minimum Gasteiger partial charge on any atom is -0.457 e. The van der Waals surface area contributed by atoms with Gasteiger partial charge in [-0.25, -0.2) is 0 Å². The van der Waals surface area contributed by atoms with Crippen molar-refractivity contribution in [2.24, 2.45) is 5.73 Å². The van der Waals surface area contributed by atoms with Gasteiger partial charge in [-0.1, -0.05) is 28.1 Å². The third-order valence-electron chi connectivity index (χ3n) is 3.77. The van der Waals surface area contributed by atoms with Crippen molar-refractivity contribution in [3.05, 3.63) is 57.6 Å². The third-order valence-corrected chi connectivity index (χ3v) is 4.45. The Kier molecular flexibility index (Phi) is 3.81. The van der Waals surface area contributed by atoms with Crippen LogP contribution in [0.1, 0.15) is 36.1 Å². The Bertz CT molecular complexity index is 637. The molecule has 2 aromatic carbocycles. The number of nitrogens with two attached hydrogens (primary N) is 1. The molecule has 0 spiro atoms. The molecule has 0 saturated heterocycles. The minimum atomic E-state index is 0.0124. The van der Waals surface area contributed by atoms with E-state index in [4.69, 9.17) is 10.5 Å². The van der Waals surface area contributed by atoms with Gasteiger partial charge in [-0.2, -0.15) is 0 Å². The fourth-order valence-corrected chi connectivity index (χ4v) is 3.41. The van der Waals surface area contributed by atoms with Crippen molar-refractivity contribution < 1.29 is 4.74 Å². The van der Waals surface area contributed by atoms with Crippen molar-refractivity contribution in [1.82, 2.24) is 0 Å². The fraction of sp³-hybridized carbons (Fsp3) is 0.294. The predicted octanol–water partition coefficient (Wildman–Crippen LogP) is 4.75. The van der Waals surface area contributed by atoms with Crippen LogP contribution in [0.2, 0.25) is 0 Å². The Morgan fingerprint density at radius 2 is 1.75 bits per heavy atom. The number of hydrogen-bond donors (Lipinski definition) is 1. The predicted molar refractivity (Wildman–Crippen MR) is 85.3 cm³/mol. The van der Waals surface area contributed by atoms with Crippen molar-refractivity contribution in [1.29, 1.82) is 0 Å². The van der Waals surface area contributed by atoms with Gasteiger partial charge in [0, 0.05) is 10.5 Å². The van der Waals surface area contributed by atoms with Gasteiger partial charge >= 0.3 is 0 Å². The van der Waals surface area contributed by atoms with E-state index in [9.17, 15) is 0 Å². The van der Waals surface area contributed by atoms with E-state index in [1.807, 2.05) is 25.1 Å². The monoisotopic (exact) mass is 331 g/mol. The smallest absolute Gasteiger partial charge is 0.128 e. The van der Waals surface area contributed by atoms with Crippen LogP contribution < -0.4 is 10.5 Å². The van der Waals surface area contributed by atoms with Gasteiger partial charge in [0.05, 0.1) is 0 Å². The molecule has 20 heavy (non-hydrogen) atoms. The number of fused-ring (bicyclic) bond motifs is 1. The lowest BCUT2D eigenvalue weighted by molar-refractivity contribution is 0.481. The lowest BCUT2D eigenvalue weighted by Crippen LogP contribution is -2.05. The molecule has 0 bridgehead atoms. The first kappa shape index (κ1) is 13.7. The van der Waals surface area contributed by atoms with Crippen molar-refractivity contribution in [3.63, 3.8) is 0 Å². The second kappa shape index (κ2) is 5.58. The summed E-state index contributed by atoms with van der Waals surface area (Å²) >= 11 is 3.55. The first-order chi connectivity index (χ1) is 9.63. The Hall–Kier alpha value is -1.32. The molecule has 3 heteroatoms. The van der Waals surface area contributed by atoms with E-state index in [0.717, 1.165) is 21.5 Å². The zero-order valence-electron chi connectivity index (χ0n) is 11.5. The molecule has 1 aliphatic carbocycles. The normalized spacial score (nSPS) is 14.9. The van der Waals surface area contributed by atoms with E-state index < -0.39 is 0 Å². The van der Waals surface area contributed by atoms with Crippen LogP contribution in [0.25, 0.3) is 0 Å². The molecule has 3 rings (SSSR count). The fourth-order valence-electron chi connectivity index (χ4n) is 2.69. The number of ether oxygens (including phenoxy) is 1. The molecule has 1 aliphatic rings. The van der Waals surface area contributed by atoms with Gasteiger partial charge in [0.15, 0.2) is 0 Å². The highest BCUT2D eigenvalue weighted by Gasteiger charge is 2.12. The second-order valence-corrected chi connectivity index (χ2v) is 6.21. The zero-order valence-corrected chi connectivity index (χ0v) is 13.1. The highest BCUT2D eigenvalue weighted by atomic mass is 79.9. The summed E-state index contributed by atoms with van der Waals surface area (Å²) in [5.41, 5.74) is 9.89. The molecule has 0 radical (unpaired) electrons. The van der Waals surface area contributed by atoms with Gasteiger partial charge in [0.25, 0.3) is 0 Å². The molecule has 0 aliphatic heterocycles. The highest BCUT2D eigenvalue weighted by Crippen LogP contribution is 2.32. The van der Waals surface area contributed by atoms with Crippen molar-refractivity contribution in [3.8, 4) is 11.5 Å². The van der Waals surface area contributed by atoms with Crippen LogP contribution in [-0.4, -0.2) is 0 Å². The standard InChI is InChI=1S/C17H18BrNO/c1-11(19)16-8-7-15(10-17(16)18)20-14-6-5-12-3-2-4-13(12)9-14/h5-11H,2-4,19H2,1H3. The number of aryl methyl sites for hydroxylation is 2. The van der Waals surface area contributed by atoms with Crippen molar-refractivity contribution >= 4 is 15.9 Å². The first-order valence-corrected chi connectivity index (χ1v) is 7.77. The molecule has 0 heterocycles. The summed E-state index contributed by atoms with van der Waals surface area (Å²) in [6.07, 6.45) is 3.62. The van der Waals surface area contributed by atoms with E-state index in [0.29, 0.717) is 0 Å². The largest absolute Gasteiger partial charge is 0.457 e. The van der Waals surface area contributed by atoms with Gasteiger partial charge in [0.1, 0.15) is 11.5 Å². The average Bonchev–Trinajstić information content (AvgIpc) is 2.85. The molecule has 2 aromatic rings. The Morgan fingerprint density at radius 3 is 2.50 bits per heavy atom. The summed E-state index contributed by atoms with van der Waals surface area (Å²) in [7, 11) is 0. The van der Waals surface area contributed by atoms with E-state index in [-0.39, 0.29) is 6.04 Å². The van der Waals surface area contributed by atoms with Crippen LogP contribution in [0.3, 0.4) is 0 Å². The molecule has 104 valence electrons. The van der Waals surface area contributed by atoms with Gasteiger partial charge in [-0.3, -0.25) is 0 Å². The molecule has 0 amide bonds. The molecular weight excluding hydrogens is 314 g/mol. The molecule has 0 fully saturated rings.